The normalized spacial score (nSPS) is 16.7. The number of unbranched alkanes of at least 4 members (excludes halogenated alkanes) is 1. The van der Waals surface area contributed by atoms with Crippen LogP contribution in [-0.2, 0) is 29.0 Å². The maximum Gasteiger partial charge on any atom is 0.237 e. The number of rotatable bonds is 14. The molecule has 7 nitrogen and oxygen atoms in total. The lowest BCUT2D eigenvalue weighted by atomic mass is 10.00. The third-order valence-electron chi connectivity index (χ3n) is 7.31. The largest absolute Gasteiger partial charge is 0.390 e. The number of amides is 2. The average Bonchev–Trinajstić information content (AvgIpc) is 2.91. The van der Waals surface area contributed by atoms with Crippen LogP contribution in [0.25, 0.3) is 0 Å². The van der Waals surface area contributed by atoms with E-state index in [2.05, 4.69) is 36.6 Å². The van der Waals surface area contributed by atoms with Gasteiger partial charge in [0.1, 0.15) is 11.6 Å². The third-order valence-corrected chi connectivity index (χ3v) is 7.31. The highest BCUT2D eigenvalue weighted by Crippen LogP contribution is 2.14. The van der Waals surface area contributed by atoms with E-state index in [-0.39, 0.29) is 31.3 Å². The van der Waals surface area contributed by atoms with E-state index in [0.717, 1.165) is 37.4 Å². The first-order chi connectivity index (χ1) is 18.7. The number of hydrogen-bond donors (Lipinski definition) is 3. The second kappa shape index (κ2) is 15.1. The van der Waals surface area contributed by atoms with Crippen molar-refractivity contribution < 1.29 is 23.5 Å². The number of hydrogen-bond acceptors (Lipinski definition) is 5. The number of nitrogens with one attached hydrogen (secondary N) is 2. The highest BCUT2D eigenvalue weighted by Gasteiger charge is 2.32. The van der Waals surface area contributed by atoms with Crippen molar-refractivity contribution >= 4 is 11.8 Å². The molecule has 0 aromatic heterocycles. The molecular formula is C30H42F2N4O3. The number of aliphatic hydroxyl groups is 1. The Hall–Kier alpha value is -2.88. The van der Waals surface area contributed by atoms with Crippen LogP contribution in [0, 0.1) is 11.6 Å². The van der Waals surface area contributed by atoms with Crippen molar-refractivity contribution in [1.82, 2.24) is 20.4 Å². The minimum Gasteiger partial charge on any atom is -0.390 e. The molecule has 3 atom stereocenters. The van der Waals surface area contributed by atoms with Gasteiger partial charge in [0.25, 0.3) is 0 Å². The monoisotopic (exact) mass is 544 g/mol. The first kappa shape index (κ1) is 30.7. The topological polar surface area (TPSA) is 84.9 Å². The first-order valence-corrected chi connectivity index (χ1v) is 13.9. The zero-order chi connectivity index (χ0) is 28.4. The molecule has 1 fully saturated rings. The van der Waals surface area contributed by atoms with E-state index in [0.29, 0.717) is 25.2 Å². The van der Waals surface area contributed by atoms with Crippen molar-refractivity contribution in [2.45, 2.75) is 71.2 Å². The van der Waals surface area contributed by atoms with Crippen LogP contribution in [0.5, 0.6) is 0 Å². The minimum atomic E-state index is -1.02. The molecule has 0 unspecified atom stereocenters. The maximum absolute atomic E-state index is 13.9. The quantitative estimate of drug-likeness (QED) is 0.341. The molecule has 1 saturated heterocycles. The fourth-order valence-electron chi connectivity index (χ4n) is 4.84. The summed E-state index contributed by atoms with van der Waals surface area (Å²) in [5.41, 5.74) is 2.62. The third kappa shape index (κ3) is 9.37. The number of benzene rings is 2. The molecule has 0 radical (unpaired) electrons. The number of piperazine rings is 1. The van der Waals surface area contributed by atoms with Crippen LogP contribution in [0.2, 0.25) is 0 Å². The van der Waals surface area contributed by atoms with Crippen LogP contribution >= 0.6 is 0 Å². The Kier molecular flexibility index (Phi) is 11.8. The molecule has 0 bridgehead atoms. The number of aliphatic hydroxyl groups excluding tert-OH is 1. The van der Waals surface area contributed by atoms with Gasteiger partial charge in [-0.1, -0.05) is 44.5 Å². The van der Waals surface area contributed by atoms with Crippen molar-refractivity contribution in [1.29, 1.82) is 0 Å². The fourth-order valence-corrected chi connectivity index (χ4v) is 4.84. The van der Waals surface area contributed by atoms with Gasteiger partial charge in [-0.2, -0.15) is 0 Å². The van der Waals surface area contributed by atoms with Crippen molar-refractivity contribution in [3.05, 3.63) is 70.8 Å². The summed E-state index contributed by atoms with van der Waals surface area (Å²) in [5, 5.41) is 17.2. The molecule has 0 aliphatic carbocycles. The molecule has 2 amide bonds. The Labute approximate surface area is 230 Å². The van der Waals surface area contributed by atoms with Gasteiger partial charge in [-0.15, -0.1) is 0 Å². The predicted molar refractivity (Wildman–Crippen MR) is 148 cm³/mol. The van der Waals surface area contributed by atoms with Gasteiger partial charge >= 0.3 is 0 Å². The average molecular weight is 545 g/mol. The summed E-state index contributed by atoms with van der Waals surface area (Å²) in [6.07, 6.45) is 1.90. The lowest BCUT2D eigenvalue weighted by molar-refractivity contribution is -0.139. The molecular weight excluding hydrogens is 502 g/mol. The summed E-state index contributed by atoms with van der Waals surface area (Å²) in [4.78, 5) is 29.5. The molecule has 3 rings (SSSR count). The molecule has 1 heterocycles. The van der Waals surface area contributed by atoms with E-state index in [1.807, 2.05) is 21.9 Å². The molecule has 0 spiro atoms. The maximum atomic E-state index is 13.9. The van der Waals surface area contributed by atoms with E-state index >= 15 is 0 Å². The first-order valence-electron chi connectivity index (χ1n) is 13.9. The van der Waals surface area contributed by atoms with Gasteiger partial charge in [-0.3, -0.25) is 14.5 Å². The van der Waals surface area contributed by atoms with Crippen LogP contribution in [-0.4, -0.2) is 77.6 Å². The smallest absolute Gasteiger partial charge is 0.237 e. The SMILES string of the molecule is CCCCN1CCN([C@@H](C)C(=O)N[C@@H](Cc2cc(F)cc(F)c2)[C@@H](O)CNCc2cccc(CC)c2)CC1=O. The fraction of sp³-hybridized carbons (Fsp3) is 0.533. The molecule has 1 aliphatic heterocycles. The van der Waals surface area contributed by atoms with Crippen molar-refractivity contribution in [3.8, 4) is 0 Å². The van der Waals surface area contributed by atoms with Gasteiger partial charge in [-0.05, 0) is 55.0 Å². The molecule has 2 aromatic rings. The van der Waals surface area contributed by atoms with Crippen molar-refractivity contribution in [2.75, 3.05) is 32.7 Å². The predicted octanol–water partition coefficient (Wildman–Crippen LogP) is 3.04. The Morgan fingerprint density at radius 3 is 2.44 bits per heavy atom. The number of aryl methyl sites for hydroxylation is 1. The van der Waals surface area contributed by atoms with Gasteiger partial charge < -0.3 is 20.6 Å². The van der Waals surface area contributed by atoms with Gasteiger partial charge in [0.2, 0.25) is 11.8 Å². The van der Waals surface area contributed by atoms with Crippen molar-refractivity contribution in [3.63, 3.8) is 0 Å². The highest BCUT2D eigenvalue weighted by molar-refractivity contribution is 5.84. The standard InChI is InChI=1S/C30H42F2N4O3/c1-4-6-10-35-11-12-36(20-29(35)38)21(3)30(39)34-27(16-24-14-25(31)17-26(32)15-24)28(37)19-33-18-23-9-7-8-22(5-2)13-23/h7-9,13-15,17,21,27-28,33,37H,4-6,10-12,16,18-20H2,1-3H3,(H,34,39)/t21-,27-,28-/m0/s1. The van der Waals surface area contributed by atoms with E-state index < -0.39 is 29.8 Å². The molecule has 0 saturated carbocycles. The number of nitrogens with zero attached hydrogens (tertiary/aromatic N) is 2. The lowest BCUT2D eigenvalue weighted by Gasteiger charge is -2.37. The van der Waals surface area contributed by atoms with E-state index in [1.54, 1.807) is 6.92 Å². The van der Waals surface area contributed by atoms with Gasteiger partial charge in [0.15, 0.2) is 0 Å². The Balaban J connectivity index is 1.65. The summed E-state index contributed by atoms with van der Waals surface area (Å²) in [6, 6.07) is 9.94. The van der Waals surface area contributed by atoms with E-state index in [1.165, 1.54) is 17.7 Å². The Morgan fingerprint density at radius 1 is 1.05 bits per heavy atom. The second-order valence-corrected chi connectivity index (χ2v) is 10.3. The highest BCUT2D eigenvalue weighted by atomic mass is 19.1. The van der Waals surface area contributed by atoms with Crippen LogP contribution in [0.4, 0.5) is 8.78 Å². The van der Waals surface area contributed by atoms with E-state index in [4.69, 9.17) is 0 Å². The summed E-state index contributed by atoms with van der Waals surface area (Å²) in [7, 11) is 0. The van der Waals surface area contributed by atoms with Gasteiger partial charge in [0, 0.05) is 38.8 Å². The summed E-state index contributed by atoms with van der Waals surface area (Å²) < 4.78 is 27.7. The second-order valence-electron chi connectivity index (χ2n) is 10.3. The summed E-state index contributed by atoms with van der Waals surface area (Å²) >= 11 is 0. The summed E-state index contributed by atoms with van der Waals surface area (Å²) in [5.74, 6) is -1.78. The van der Waals surface area contributed by atoms with Crippen LogP contribution in [0.15, 0.2) is 42.5 Å². The number of carbonyl (C=O) groups excluding carboxylic acids is 2. The Morgan fingerprint density at radius 2 is 1.77 bits per heavy atom. The number of carbonyl (C=O) groups is 2. The molecule has 2 aromatic carbocycles. The minimum absolute atomic E-state index is 0.00230. The molecule has 9 heteroatoms. The van der Waals surface area contributed by atoms with E-state index in [9.17, 15) is 23.5 Å². The van der Waals surface area contributed by atoms with Crippen LogP contribution in [0.1, 0.15) is 50.3 Å². The van der Waals surface area contributed by atoms with Crippen LogP contribution < -0.4 is 10.6 Å². The zero-order valence-corrected chi connectivity index (χ0v) is 23.3. The summed E-state index contributed by atoms with van der Waals surface area (Å²) in [6.45, 7) is 8.60. The Bertz CT molecular complexity index is 1080. The molecule has 39 heavy (non-hydrogen) atoms. The van der Waals surface area contributed by atoms with Gasteiger partial charge in [0.05, 0.1) is 24.7 Å². The molecule has 3 N–H and O–H groups in total. The van der Waals surface area contributed by atoms with Crippen molar-refractivity contribution in [2.24, 2.45) is 0 Å². The molecule has 214 valence electrons. The molecule has 1 aliphatic rings. The number of halogens is 2. The lowest BCUT2D eigenvalue weighted by Crippen LogP contribution is -2.58. The zero-order valence-electron chi connectivity index (χ0n) is 23.3. The van der Waals surface area contributed by atoms with Gasteiger partial charge in [-0.25, -0.2) is 8.78 Å². The van der Waals surface area contributed by atoms with Crippen LogP contribution in [0.3, 0.4) is 0 Å².